The highest BCUT2D eigenvalue weighted by atomic mass is 35.5. The maximum atomic E-state index is 13.4. The number of carbonyl (C=O) groups is 1. The lowest BCUT2D eigenvalue weighted by Gasteiger charge is -2.36. The molecule has 0 saturated heterocycles. The van der Waals surface area contributed by atoms with E-state index in [9.17, 15) is 19.1 Å². The summed E-state index contributed by atoms with van der Waals surface area (Å²) in [5, 5.41) is 15.3. The second-order valence-electron chi connectivity index (χ2n) is 7.99. The molecule has 0 fully saturated rings. The van der Waals surface area contributed by atoms with Gasteiger partial charge in [0.25, 0.3) is 11.5 Å². The topological polar surface area (TPSA) is 80.4 Å². The highest BCUT2D eigenvalue weighted by Gasteiger charge is 2.37. The molecule has 0 radical (unpaired) electrons. The zero-order valence-corrected chi connectivity index (χ0v) is 17.9. The van der Waals surface area contributed by atoms with E-state index < -0.39 is 11.4 Å². The van der Waals surface area contributed by atoms with Gasteiger partial charge < -0.3 is 14.6 Å². The summed E-state index contributed by atoms with van der Waals surface area (Å²) in [7, 11) is 0. The van der Waals surface area contributed by atoms with Crippen LogP contribution in [0.4, 0.5) is 4.39 Å². The SMILES string of the molecule is Cc1nn(Cc2ccc(F)c(Cl)c2)c(=O)c2c(O)c3n(c12)[C@@H](C)CN(C(C)C)C3=O. The number of amides is 1. The molecule has 1 amide bonds. The largest absolute Gasteiger partial charge is 0.505 e. The minimum atomic E-state index is -0.549. The van der Waals surface area contributed by atoms with Gasteiger partial charge in [0.15, 0.2) is 11.4 Å². The van der Waals surface area contributed by atoms with Crippen molar-refractivity contribution in [3.05, 3.63) is 56.3 Å². The van der Waals surface area contributed by atoms with E-state index >= 15 is 0 Å². The number of nitrogens with zero attached hydrogens (tertiary/aromatic N) is 4. The summed E-state index contributed by atoms with van der Waals surface area (Å²) in [6.45, 7) is 8.02. The van der Waals surface area contributed by atoms with Crippen molar-refractivity contribution in [1.29, 1.82) is 0 Å². The lowest BCUT2D eigenvalue weighted by atomic mass is 10.1. The molecule has 2 aromatic heterocycles. The quantitative estimate of drug-likeness (QED) is 0.687. The highest BCUT2D eigenvalue weighted by molar-refractivity contribution is 6.30. The molecule has 0 aliphatic carbocycles. The number of aryl methyl sites for hydroxylation is 1. The predicted molar refractivity (Wildman–Crippen MR) is 112 cm³/mol. The second kappa shape index (κ2) is 7.12. The van der Waals surface area contributed by atoms with Crippen LogP contribution in [0.25, 0.3) is 10.9 Å². The maximum Gasteiger partial charge on any atom is 0.280 e. The molecule has 7 nitrogen and oxygen atoms in total. The predicted octanol–water partition coefficient (Wildman–Crippen LogP) is 3.48. The van der Waals surface area contributed by atoms with Gasteiger partial charge >= 0.3 is 0 Å². The van der Waals surface area contributed by atoms with Gasteiger partial charge in [-0.25, -0.2) is 9.07 Å². The molecule has 3 heterocycles. The number of fused-ring (bicyclic) bond motifs is 3. The van der Waals surface area contributed by atoms with E-state index in [1.165, 1.54) is 22.9 Å². The minimum absolute atomic E-state index is 0.0368. The molecule has 0 saturated carbocycles. The fourth-order valence-electron chi connectivity index (χ4n) is 4.13. The Morgan fingerprint density at radius 2 is 2.03 bits per heavy atom. The molecule has 1 N–H and O–H groups in total. The van der Waals surface area contributed by atoms with Gasteiger partial charge in [-0.1, -0.05) is 17.7 Å². The van der Waals surface area contributed by atoms with Gasteiger partial charge in [-0.15, -0.1) is 0 Å². The van der Waals surface area contributed by atoms with Crippen LogP contribution < -0.4 is 5.56 Å². The lowest BCUT2D eigenvalue weighted by molar-refractivity contribution is 0.0615. The zero-order valence-electron chi connectivity index (χ0n) is 17.1. The number of hydrogen-bond acceptors (Lipinski definition) is 4. The first-order chi connectivity index (χ1) is 14.1. The van der Waals surface area contributed by atoms with E-state index in [1.807, 2.05) is 20.8 Å². The molecule has 1 atom stereocenters. The van der Waals surface area contributed by atoms with Gasteiger partial charge in [-0.2, -0.15) is 5.10 Å². The first kappa shape index (κ1) is 20.4. The summed E-state index contributed by atoms with van der Waals surface area (Å²) in [5.41, 5.74) is 1.16. The van der Waals surface area contributed by atoms with Crippen molar-refractivity contribution in [2.24, 2.45) is 0 Å². The summed E-state index contributed by atoms with van der Waals surface area (Å²) in [5.74, 6) is -1.19. The Bertz CT molecular complexity index is 1250. The summed E-state index contributed by atoms with van der Waals surface area (Å²) < 4.78 is 16.4. The van der Waals surface area contributed by atoms with E-state index in [4.69, 9.17) is 11.6 Å². The Labute approximate surface area is 177 Å². The Morgan fingerprint density at radius 1 is 1.33 bits per heavy atom. The number of aromatic hydroxyl groups is 1. The van der Waals surface area contributed by atoms with Crippen LogP contribution >= 0.6 is 11.6 Å². The normalized spacial score (nSPS) is 16.6. The Kier molecular flexibility index (Phi) is 4.85. The van der Waals surface area contributed by atoms with Crippen molar-refractivity contribution in [3.8, 4) is 5.75 Å². The van der Waals surface area contributed by atoms with E-state index in [2.05, 4.69) is 5.10 Å². The van der Waals surface area contributed by atoms with Crippen LogP contribution in [0.15, 0.2) is 23.0 Å². The third-order valence-electron chi connectivity index (χ3n) is 5.55. The fourth-order valence-corrected chi connectivity index (χ4v) is 4.33. The Morgan fingerprint density at radius 3 is 2.67 bits per heavy atom. The molecule has 1 aromatic carbocycles. The lowest BCUT2D eigenvalue weighted by Crippen LogP contribution is -2.45. The van der Waals surface area contributed by atoms with Crippen LogP contribution in [-0.2, 0) is 6.54 Å². The van der Waals surface area contributed by atoms with Gasteiger partial charge in [0.2, 0.25) is 0 Å². The van der Waals surface area contributed by atoms with Crippen molar-refractivity contribution in [3.63, 3.8) is 0 Å². The number of hydrogen-bond donors (Lipinski definition) is 1. The van der Waals surface area contributed by atoms with Gasteiger partial charge in [-0.3, -0.25) is 9.59 Å². The second-order valence-corrected chi connectivity index (χ2v) is 8.39. The molecule has 30 heavy (non-hydrogen) atoms. The van der Waals surface area contributed by atoms with Crippen LogP contribution in [0, 0.1) is 12.7 Å². The van der Waals surface area contributed by atoms with Crippen molar-refractivity contribution in [2.45, 2.75) is 46.3 Å². The van der Waals surface area contributed by atoms with Crippen molar-refractivity contribution in [2.75, 3.05) is 6.54 Å². The Hall–Kier alpha value is -2.87. The van der Waals surface area contributed by atoms with Crippen molar-refractivity contribution >= 4 is 28.4 Å². The molecular weight excluding hydrogens is 411 g/mol. The van der Waals surface area contributed by atoms with Crippen LogP contribution in [0.1, 0.15) is 48.6 Å². The molecule has 0 unspecified atom stereocenters. The summed E-state index contributed by atoms with van der Waals surface area (Å²) in [6.07, 6.45) is 0. The van der Waals surface area contributed by atoms with Crippen molar-refractivity contribution < 1.29 is 14.3 Å². The first-order valence-corrected chi connectivity index (χ1v) is 10.1. The summed E-state index contributed by atoms with van der Waals surface area (Å²) >= 11 is 5.84. The minimum Gasteiger partial charge on any atom is -0.505 e. The molecule has 158 valence electrons. The van der Waals surface area contributed by atoms with E-state index in [-0.39, 0.29) is 46.4 Å². The van der Waals surface area contributed by atoms with Gasteiger partial charge in [-0.05, 0) is 45.4 Å². The van der Waals surface area contributed by atoms with Crippen LogP contribution in [0.5, 0.6) is 5.75 Å². The van der Waals surface area contributed by atoms with Crippen molar-refractivity contribution in [1.82, 2.24) is 19.2 Å². The Balaban J connectivity index is 1.92. The number of benzene rings is 1. The van der Waals surface area contributed by atoms with Gasteiger partial charge in [0.1, 0.15) is 11.2 Å². The number of halogens is 2. The summed E-state index contributed by atoms with van der Waals surface area (Å²) in [4.78, 5) is 27.9. The standard InChI is InChI=1S/C21H22ClFN4O3/c1-10(2)25-8-11(3)27-17-12(4)24-26(9-13-5-6-15(23)14(22)7-13)20(29)16(17)19(28)18(27)21(25)30/h5-7,10-11,28H,8-9H2,1-4H3/t11-/m0/s1. The van der Waals surface area contributed by atoms with E-state index in [0.717, 1.165) is 0 Å². The monoisotopic (exact) mass is 432 g/mol. The molecule has 1 aliphatic rings. The molecule has 4 rings (SSSR count). The molecule has 0 spiro atoms. The molecule has 3 aromatic rings. The van der Waals surface area contributed by atoms with Gasteiger partial charge in [0, 0.05) is 18.6 Å². The smallest absolute Gasteiger partial charge is 0.280 e. The van der Waals surface area contributed by atoms with Crippen LogP contribution in [0.2, 0.25) is 5.02 Å². The molecule has 1 aliphatic heterocycles. The third-order valence-corrected chi connectivity index (χ3v) is 5.84. The third kappa shape index (κ3) is 2.98. The summed E-state index contributed by atoms with van der Waals surface area (Å²) in [6, 6.07) is 4.01. The van der Waals surface area contributed by atoms with E-state index in [0.29, 0.717) is 23.3 Å². The number of aromatic nitrogens is 3. The van der Waals surface area contributed by atoms with Gasteiger partial charge in [0.05, 0.1) is 22.8 Å². The number of rotatable bonds is 3. The highest BCUT2D eigenvalue weighted by Crippen LogP contribution is 2.38. The molecule has 9 heteroatoms. The molecule has 0 bridgehead atoms. The average molecular weight is 433 g/mol. The van der Waals surface area contributed by atoms with Crippen LogP contribution in [0.3, 0.4) is 0 Å². The number of carbonyl (C=O) groups excluding carboxylic acids is 1. The zero-order chi connectivity index (χ0) is 21.9. The molecular formula is C21H22ClFN4O3. The maximum absolute atomic E-state index is 13.4. The average Bonchev–Trinajstić information content (AvgIpc) is 3.00. The fraction of sp³-hybridized carbons (Fsp3) is 0.381. The van der Waals surface area contributed by atoms with E-state index in [1.54, 1.807) is 16.4 Å². The van der Waals surface area contributed by atoms with Crippen LogP contribution in [-0.4, -0.2) is 42.8 Å². The first-order valence-electron chi connectivity index (χ1n) is 9.71.